The number of fused-ring (bicyclic) bond motifs is 1. The molecule has 1 aliphatic heterocycles. The van der Waals surface area contributed by atoms with Crippen LogP contribution in [0, 0.1) is 6.92 Å². The molecular weight excluding hydrogens is 316 g/mol. The normalized spacial score (nSPS) is 20.2. The van der Waals surface area contributed by atoms with Gasteiger partial charge in [0.1, 0.15) is 5.58 Å². The fourth-order valence-corrected chi connectivity index (χ4v) is 4.72. The average molecular weight is 336 g/mol. The lowest BCUT2D eigenvalue weighted by Gasteiger charge is -2.22. The van der Waals surface area contributed by atoms with E-state index in [1.54, 1.807) is 19.4 Å². The molecule has 0 radical (unpaired) electrons. The van der Waals surface area contributed by atoms with E-state index in [-0.39, 0.29) is 30.0 Å². The van der Waals surface area contributed by atoms with Gasteiger partial charge in [-0.2, -0.15) is 0 Å². The number of carbonyl (C=O) groups is 1. The van der Waals surface area contributed by atoms with Crippen molar-refractivity contribution in [2.75, 3.05) is 30.4 Å². The Hall–Kier alpha value is -1.86. The zero-order valence-corrected chi connectivity index (χ0v) is 14.0. The first-order valence-corrected chi connectivity index (χ1v) is 9.34. The van der Waals surface area contributed by atoms with E-state index in [1.807, 2.05) is 24.0 Å². The summed E-state index contributed by atoms with van der Waals surface area (Å²) in [6.45, 7) is 2.12. The third-order valence-corrected chi connectivity index (χ3v) is 6.03. The number of hydrogen-bond donors (Lipinski definition) is 1. The van der Waals surface area contributed by atoms with E-state index in [4.69, 9.17) is 4.42 Å². The molecule has 0 bridgehead atoms. The predicted octanol–water partition coefficient (Wildman–Crippen LogP) is 1.80. The fourth-order valence-electron chi connectivity index (χ4n) is 2.91. The number of rotatable bonds is 4. The summed E-state index contributed by atoms with van der Waals surface area (Å²) in [5, 5.41) is 3.82. The summed E-state index contributed by atoms with van der Waals surface area (Å²) in [5.74, 6) is 0.189. The van der Waals surface area contributed by atoms with Gasteiger partial charge in [0.15, 0.2) is 9.84 Å². The Bertz CT molecular complexity index is 841. The Labute approximate surface area is 135 Å². The van der Waals surface area contributed by atoms with Gasteiger partial charge in [-0.15, -0.1) is 0 Å². The number of nitrogens with one attached hydrogen (secondary N) is 1. The van der Waals surface area contributed by atoms with E-state index in [0.29, 0.717) is 12.1 Å². The molecule has 1 aromatic heterocycles. The smallest absolute Gasteiger partial charge is 0.238 e. The number of sulfone groups is 1. The van der Waals surface area contributed by atoms with Crippen molar-refractivity contribution in [3.63, 3.8) is 0 Å². The average Bonchev–Trinajstić information content (AvgIpc) is 3.02. The minimum atomic E-state index is -2.94. The maximum Gasteiger partial charge on any atom is 0.238 e. The predicted molar refractivity (Wildman–Crippen MR) is 89.3 cm³/mol. The van der Waals surface area contributed by atoms with Crippen molar-refractivity contribution in [2.24, 2.45) is 0 Å². The number of aryl methyl sites for hydroxylation is 1. The van der Waals surface area contributed by atoms with Gasteiger partial charge in [0.2, 0.25) is 5.91 Å². The molecule has 1 saturated heterocycles. The van der Waals surface area contributed by atoms with Gasteiger partial charge in [0.05, 0.1) is 24.3 Å². The molecule has 124 valence electrons. The molecule has 1 fully saturated rings. The molecule has 0 unspecified atom stereocenters. The lowest BCUT2D eigenvalue weighted by atomic mass is 10.2. The van der Waals surface area contributed by atoms with Crippen molar-refractivity contribution in [1.82, 2.24) is 4.90 Å². The van der Waals surface area contributed by atoms with Crippen LogP contribution in [0.4, 0.5) is 5.69 Å². The van der Waals surface area contributed by atoms with E-state index in [0.717, 1.165) is 16.5 Å². The van der Waals surface area contributed by atoms with Crippen LogP contribution < -0.4 is 5.32 Å². The van der Waals surface area contributed by atoms with Crippen molar-refractivity contribution in [3.8, 4) is 0 Å². The zero-order valence-electron chi connectivity index (χ0n) is 13.2. The van der Waals surface area contributed by atoms with Crippen molar-refractivity contribution in [2.45, 2.75) is 19.4 Å². The third-order valence-electron chi connectivity index (χ3n) is 4.28. The lowest BCUT2D eigenvalue weighted by Crippen LogP contribution is -2.38. The van der Waals surface area contributed by atoms with Crippen LogP contribution in [0.1, 0.15) is 12.0 Å². The number of furan rings is 1. The molecule has 6 nitrogen and oxygen atoms in total. The topological polar surface area (TPSA) is 79.6 Å². The summed E-state index contributed by atoms with van der Waals surface area (Å²) in [5.41, 5.74) is 2.51. The molecule has 2 heterocycles. The van der Waals surface area contributed by atoms with Crippen LogP contribution in [0.5, 0.6) is 0 Å². The Kier molecular flexibility index (Phi) is 4.16. The number of anilines is 1. The molecule has 1 aliphatic rings. The highest BCUT2D eigenvalue weighted by Gasteiger charge is 2.31. The van der Waals surface area contributed by atoms with Crippen LogP contribution in [0.2, 0.25) is 0 Å². The Balaban J connectivity index is 1.63. The molecule has 0 saturated carbocycles. The number of likely N-dealkylation sites (N-methyl/N-ethyl adjacent to an activating group) is 1. The maximum atomic E-state index is 12.2. The van der Waals surface area contributed by atoms with Crippen molar-refractivity contribution < 1.29 is 17.6 Å². The molecule has 1 aromatic carbocycles. The summed E-state index contributed by atoms with van der Waals surface area (Å²) in [6.07, 6.45) is 2.27. The van der Waals surface area contributed by atoms with Gasteiger partial charge in [-0.1, -0.05) is 0 Å². The van der Waals surface area contributed by atoms with Crippen LogP contribution in [-0.4, -0.2) is 50.4 Å². The molecule has 1 amide bonds. The highest BCUT2D eigenvalue weighted by Crippen LogP contribution is 2.24. The SMILES string of the molecule is Cc1coc2ccc(NC(=O)CN(C)[C@H]3CCS(=O)(=O)C3)cc12. The number of hydrogen-bond acceptors (Lipinski definition) is 5. The number of amides is 1. The van der Waals surface area contributed by atoms with Gasteiger partial charge in [-0.25, -0.2) is 8.42 Å². The summed E-state index contributed by atoms with van der Waals surface area (Å²) in [4.78, 5) is 14.0. The summed E-state index contributed by atoms with van der Waals surface area (Å²) in [6, 6.07) is 5.42. The van der Waals surface area contributed by atoms with Crippen LogP contribution in [-0.2, 0) is 14.6 Å². The van der Waals surface area contributed by atoms with E-state index >= 15 is 0 Å². The minimum Gasteiger partial charge on any atom is -0.464 e. The first kappa shape index (κ1) is 16.0. The molecule has 1 atom stereocenters. The number of nitrogens with zero attached hydrogens (tertiary/aromatic N) is 1. The maximum absolute atomic E-state index is 12.2. The highest BCUT2D eigenvalue weighted by atomic mass is 32.2. The monoisotopic (exact) mass is 336 g/mol. The van der Waals surface area contributed by atoms with E-state index < -0.39 is 9.84 Å². The second kappa shape index (κ2) is 5.98. The molecule has 3 rings (SSSR count). The van der Waals surface area contributed by atoms with Gasteiger partial charge in [0.25, 0.3) is 0 Å². The third kappa shape index (κ3) is 3.56. The van der Waals surface area contributed by atoms with E-state index in [2.05, 4.69) is 5.32 Å². The summed E-state index contributed by atoms with van der Waals surface area (Å²) >= 11 is 0. The Morgan fingerprint density at radius 2 is 2.22 bits per heavy atom. The van der Waals surface area contributed by atoms with Gasteiger partial charge in [-0.05, 0) is 44.2 Å². The molecule has 2 aromatic rings. The summed E-state index contributed by atoms with van der Waals surface area (Å²) in [7, 11) is -1.16. The molecule has 0 aliphatic carbocycles. The largest absolute Gasteiger partial charge is 0.464 e. The van der Waals surface area contributed by atoms with Crippen molar-refractivity contribution >= 4 is 32.4 Å². The van der Waals surface area contributed by atoms with Gasteiger partial charge < -0.3 is 9.73 Å². The Morgan fingerprint density at radius 1 is 1.43 bits per heavy atom. The number of carbonyl (C=O) groups excluding carboxylic acids is 1. The zero-order chi connectivity index (χ0) is 16.6. The van der Waals surface area contributed by atoms with Crippen molar-refractivity contribution in [3.05, 3.63) is 30.0 Å². The van der Waals surface area contributed by atoms with E-state index in [9.17, 15) is 13.2 Å². The summed E-state index contributed by atoms with van der Waals surface area (Å²) < 4.78 is 28.4. The standard InChI is InChI=1S/C16H20N2O4S/c1-11-9-22-15-4-3-12(7-14(11)15)17-16(19)8-18(2)13-5-6-23(20,21)10-13/h3-4,7,9,13H,5-6,8,10H2,1-2H3,(H,17,19)/t13-/m0/s1. The van der Waals surface area contributed by atoms with Crippen LogP contribution >= 0.6 is 0 Å². The van der Waals surface area contributed by atoms with E-state index in [1.165, 1.54) is 0 Å². The van der Waals surface area contributed by atoms with Crippen LogP contribution in [0.25, 0.3) is 11.0 Å². The highest BCUT2D eigenvalue weighted by molar-refractivity contribution is 7.91. The second-order valence-electron chi connectivity index (χ2n) is 6.15. The molecule has 7 heteroatoms. The second-order valence-corrected chi connectivity index (χ2v) is 8.38. The number of benzene rings is 1. The molecule has 1 N–H and O–H groups in total. The molecule has 23 heavy (non-hydrogen) atoms. The lowest BCUT2D eigenvalue weighted by molar-refractivity contribution is -0.117. The van der Waals surface area contributed by atoms with Crippen molar-refractivity contribution in [1.29, 1.82) is 0 Å². The van der Waals surface area contributed by atoms with Gasteiger partial charge in [-0.3, -0.25) is 9.69 Å². The first-order chi connectivity index (χ1) is 10.8. The van der Waals surface area contributed by atoms with Gasteiger partial charge >= 0.3 is 0 Å². The molecule has 0 spiro atoms. The van der Waals surface area contributed by atoms with Gasteiger partial charge in [0, 0.05) is 17.1 Å². The quantitative estimate of drug-likeness (QED) is 0.921. The molecular formula is C16H20N2O4S. The fraction of sp³-hybridized carbons (Fsp3) is 0.438. The van der Waals surface area contributed by atoms with Crippen LogP contribution in [0.3, 0.4) is 0 Å². The minimum absolute atomic E-state index is 0.0793. The first-order valence-electron chi connectivity index (χ1n) is 7.52. The van der Waals surface area contributed by atoms with Crippen LogP contribution in [0.15, 0.2) is 28.9 Å². The Morgan fingerprint density at radius 3 is 2.91 bits per heavy atom.